The van der Waals surface area contributed by atoms with Crippen molar-refractivity contribution in [1.29, 1.82) is 0 Å². The minimum Gasteiger partial charge on any atom is -0.309 e. The molecule has 0 amide bonds. The van der Waals surface area contributed by atoms with Crippen LogP contribution in [0, 0.1) is 0 Å². The Balaban J connectivity index is 1.23. The van der Waals surface area contributed by atoms with Crippen LogP contribution in [0.2, 0.25) is 0 Å². The van der Waals surface area contributed by atoms with E-state index >= 15 is 0 Å². The molecule has 0 bridgehead atoms. The van der Waals surface area contributed by atoms with E-state index in [4.69, 9.17) is 4.98 Å². The molecule has 0 atom stereocenters. The van der Waals surface area contributed by atoms with Crippen LogP contribution in [0.25, 0.3) is 72.3 Å². The smallest absolute Gasteiger partial charge is 0.0715 e. The number of thioether (sulfide) groups is 1. The van der Waals surface area contributed by atoms with Crippen molar-refractivity contribution >= 4 is 33.6 Å². The summed E-state index contributed by atoms with van der Waals surface area (Å²) in [6.07, 6.45) is 0. The maximum atomic E-state index is 5.12. The van der Waals surface area contributed by atoms with Gasteiger partial charge in [0.15, 0.2) is 0 Å². The summed E-state index contributed by atoms with van der Waals surface area (Å²) in [5, 5.41) is 2.57. The van der Waals surface area contributed by atoms with Crippen molar-refractivity contribution < 1.29 is 0 Å². The minimum absolute atomic E-state index is 0.983. The largest absolute Gasteiger partial charge is 0.309 e. The van der Waals surface area contributed by atoms with Crippen LogP contribution in [-0.2, 0) is 11.5 Å². The molecular formula is C43H30N2S. The molecule has 8 aromatic rings. The van der Waals surface area contributed by atoms with Crippen molar-refractivity contribution in [3.63, 3.8) is 0 Å². The zero-order valence-electron chi connectivity index (χ0n) is 25.2. The summed E-state index contributed by atoms with van der Waals surface area (Å²) in [7, 11) is 0. The molecule has 0 radical (unpaired) electrons. The lowest BCUT2D eigenvalue weighted by Crippen LogP contribution is -1.97. The fraction of sp³-hybridized carbons (Fsp3) is 0.0465. The van der Waals surface area contributed by atoms with Crippen LogP contribution in [-0.4, -0.2) is 9.55 Å². The fourth-order valence-electron chi connectivity index (χ4n) is 6.90. The lowest BCUT2D eigenvalue weighted by Gasteiger charge is -2.16. The molecule has 1 aliphatic heterocycles. The molecule has 0 N–H and O–H groups in total. The van der Waals surface area contributed by atoms with Crippen molar-refractivity contribution in [1.82, 2.24) is 9.55 Å². The predicted octanol–water partition coefficient (Wildman–Crippen LogP) is 11.6. The van der Waals surface area contributed by atoms with E-state index in [0.717, 1.165) is 34.0 Å². The third-order valence-electron chi connectivity index (χ3n) is 9.14. The molecule has 9 rings (SSSR count). The van der Waals surface area contributed by atoms with Gasteiger partial charge in [0.1, 0.15) is 0 Å². The summed E-state index contributed by atoms with van der Waals surface area (Å²) in [5.74, 6) is 1.99. The van der Waals surface area contributed by atoms with Crippen LogP contribution in [0.4, 0.5) is 0 Å². The fourth-order valence-corrected chi connectivity index (χ4v) is 7.94. The Kier molecular flexibility index (Phi) is 6.57. The topological polar surface area (TPSA) is 17.8 Å². The Hall–Kier alpha value is -5.38. The lowest BCUT2D eigenvalue weighted by atomic mass is 9.91. The van der Waals surface area contributed by atoms with Crippen LogP contribution in [0.1, 0.15) is 11.1 Å². The summed E-state index contributed by atoms with van der Waals surface area (Å²) >= 11 is 1.99. The first-order valence-corrected chi connectivity index (χ1v) is 16.9. The summed E-state index contributed by atoms with van der Waals surface area (Å²) in [4.78, 5) is 5.12. The Morgan fingerprint density at radius 2 is 0.957 bits per heavy atom. The number of pyridine rings is 1. The van der Waals surface area contributed by atoms with E-state index in [1.807, 2.05) is 11.8 Å². The Morgan fingerprint density at radius 1 is 0.435 bits per heavy atom. The van der Waals surface area contributed by atoms with Gasteiger partial charge >= 0.3 is 0 Å². The predicted molar refractivity (Wildman–Crippen MR) is 195 cm³/mol. The molecule has 6 aromatic carbocycles. The molecule has 0 saturated carbocycles. The third-order valence-corrected chi connectivity index (χ3v) is 10.2. The highest BCUT2D eigenvalue weighted by atomic mass is 32.2. The summed E-state index contributed by atoms with van der Waals surface area (Å²) in [6.45, 7) is 0. The lowest BCUT2D eigenvalue weighted by molar-refractivity contribution is 1.17. The summed E-state index contributed by atoms with van der Waals surface area (Å²) < 4.78 is 2.42. The molecular weight excluding hydrogens is 577 g/mol. The highest BCUT2D eigenvalue weighted by molar-refractivity contribution is 7.97. The van der Waals surface area contributed by atoms with E-state index in [0.29, 0.717) is 0 Å². The van der Waals surface area contributed by atoms with Gasteiger partial charge in [0, 0.05) is 39.1 Å². The molecule has 46 heavy (non-hydrogen) atoms. The van der Waals surface area contributed by atoms with Gasteiger partial charge in [-0.15, -0.1) is 0 Å². The molecule has 0 unspecified atom stereocenters. The number of rotatable bonds is 4. The van der Waals surface area contributed by atoms with Gasteiger partial charge in [-0.3, -0.25) is 0 Å². The molecule has 0 fully saturated rings. The molecule has 218 valence electrons. The van der Waals surface area contributed by atoms with Gasteiger partial charge in [-0.05, 0) is 75.8 Å². The van der Waals surface area contributed by atoms with E-state index in [1.54, 1.807) is 0 Å². The van der Waals surface area contributed by atoms with Crippen molar-refractivity contribution in [2.75, 3.05) is 0 Å². The second-order valence-corrected chi connectivity index (χ2v) is 12.9. The molecule has 0 aliphatic carbocycles. The molecule has 2 aromatic heterocycles. The van der Waals surface area contributed by atoms with Crippen molar-refractivity contribution in [3.8, 4) is 50.5 Å². The molecule has 0 saturated heterocycles. The number of fused-ring (bicyclic) bond motifs is 6. The molecule has 0 spiro atoms. The van der Waals surface area contributed by atoms with E-state index < -0.39 is 0 Å². The third kappa shape index (κ3) is 4.63. The van der Waals surface area contributed by atoms with E-state index in [2.05, 4.69) is 162 Å². The average Bonchev–Trinajstić information content (AvgIpc) is 3.35. The Morgan fingerprint density at radius 3 is 1.57 bits per heavy atom. The van der Waals surface area contributed by atoms with Crippen LogP contribution >= 0.6 is 11.8 Å². The average molecular weight is 607 g/mol. The first-order chi connectivity index (χ1) is 22.8. The van der Waals surface area contributed by atoms with E-state index in [9.17, 15) is 0 Å². The maximum Gasteiger partial charge on any atom is 0.0715 e. The Bertz CT molecular complexity index is 2280. The van der Waals surface area contributed by atoms with Gasteiger partial charge in [0.2, 0.25) is 0 Å². The zero-order chi connectivity index (χ0) is 30.5. The van der Waals surface area contributed by atoms with E-state index in [-0.39, 0.29) is 0 Å². The van der Waals surface area contributed by atoms with Gasteiger partial charge < -0.3 is 4.57 Å². The summed E-state index contributed by atoms with van der Waals surface area (Å²) in [5.41, 5.74) is 15.7. The highest BCUT2D eigenvalue weighted by Gasteiger charge is 2.19. The molecule has 3 heterocycles. The standard InChI is InChI=1S/C43H30N2S/c1-3-11-29(12-4-1)40-24-34(25-41(44-40)30-13-5-2-6-14-30)31-19-20-32-27-46-28-33-21-22-35(26-39(33)38(32)23-31)45-42-17-9-7-15-36(42)37-16-8-10-18-43(37)45/h1-26H,27-28H2. The number of nitrogens with zero attached hydrogens (tertiary/aromatic N) is 2. The number of hydrogen-bond acceptors (Lipinski definition) is 2. The van der Waals surface area contributed by atoms with Gasteiger partial charge in [-0.1, -0.05) is 115 Å². The number of hydrogen-bond donors (Lipinski definition) is 0. The van der Waals surface area contributed by atoms with Gasteiger partial charge in [-0.25, -0.2) is 4.98 Å². The molecule has 2 nitrogen and oxygen atoms in total. The van der Waals surface area contributed by atoms with Crippen LogP contribution in [0.3, 0.4) is 0 Å². The quantitative estimate of drug-likeness (QED) is 0.198. The maximum absolute atomic E-state index is 5.12. The van der Waals surface area contributed by atoms with Crippen LogP contribution < -0.4 is 0 Å². The normalized spacial score (nSPS) is 12.5. The SMILES string of the molecule is c1ccc(-c2cc(-c3ccc4c(c3)-c3cc(-n5c6ccccc6c6ccccc65)ccc3CSC4)cc(-c3ccccc3)n2)cc1. The van der Waals surface area contributed by atoms with Gasteiger partial charge in [0.25, 0.3) is 0 Å². The first-order valence-electron chi connectivity index (χ1n) is 15.8. The van der Waals surface area contributed by atoms with Crippen molar-refractivity contribution in [2.24, 2.45) is 0 Å². The van der Waals surface area contributed by atoms with Gasteiger partial charge in [-0.2, -0.15) is 11.8 Å². The second kappa shape index (κ2) is 11.2. The number of benzene rings is 6. The first kappa shape index (κ1) is 27.0. The zero-order valence-corrected chi connectivity index (χ0v) is 26.0. The highest BCUT2D eigenvalue weighted by Crippen LogP contribution is 2.41. The van der Waals surface area contributed by atoms with Crippen LogP contribution in [0.15, 0.2) is 158 Å². The molecule has 3 heteroatoms. The monoisotopic (exact) mass is 606 g/mol. The van der Waals surface area contributed by atoms with E-state index in [1.165, 1.54) is 60.9 Å². The van der Waals surface area contributed by atoms with Gasteiger partial charge in [0.05, 0.1) is 22.4 Å². The minimum atomic E-state index is 0.983. The second-order valence-electron chi connectivity index (χ2n) is 11.9. The molecule has 1 aliphatic rings. The summed E-state index contributed by atoms with van der Waals surface area (Å²) in [6, 6.07) is 57.1. The number of para-hydroxylation sites is 2. The van der Waals surface area contributed by atoms with Crippen LogP contribution in [0.5, 0.6) is 0 Å². The van der Waals surface area contributed by atoms with Crippen molar-refractivity contribution in [2.45, 2.75) is 11.5 Å². The Labute approximate surface area is 273 Å². The number of aromatic nitrogens is 2. The van der Waals surface area contributed by atoms with Crippen molar-refractivity contribution in [3.05, 3.63) is 169 Å².